The fourth-order valence-electron chi connectivity index (χ4n) is 1.54. The van der Waals surface area contributed by atoms with E-state index in [1.807, 2.05) is 6.92 Å². The number of unbranched alkanes of at least 4 members (excludes halogenated alkanes) is 1. The Labute approximate surface area is 100 Å². The van der Waals surface area contributed by atoms with Crippen LogP contribution in [-0.4, -0.2) is 36.1 Å². The first-order valence-electron chi connectivity index (χ1n) is 5.93. The van der Waals surface area contributed by atoms with Gasteiger partial charge in [0.25, 0.3) is 0 Å². The van der Waals surface area contributed by atoms with Crippen LogP contribution >= 0.6 is 0 Å². The largest absolute Gasteiger partial charge is 0.406 e. The summed E-state index contributed by atoms with van der Waals surface area (Å²) in [5.41, 5.74) is 5.59. The van der Waals surface area contributed by atoms with Crippen molar-refractivity contribution in [3.8, 4) is 0 Å². The molecule has 0 fully saturated rings. The van der Waals surface area contributed by atoms with Crippen molar-refractivity contribution >= 4 is 5.91 Å². The van der Waals surface area contributed by atoms with E-state index in [2.05, 4.69) is 0 Å². The second kappa shape index (κ2) is 7.53. The molecule has 0 rings (SSSR count). The van der Waals surface area contributed by atoms with Crippen LogP contribution in [0.15, 0.2) is 0 Å². The molecule has 0 aromatic rings. The van der Waals surface area contributed by atoms with E-state index >= 15 is 0 Å². The Morgan fingerprint density at radius 2 is 1.88 bits per heavy atom. The molecule has 0 aliphatic rings. The highest BCUT2D eigenvalue weighted by atomic mass is 19.4. The minimum Gasteiger partial charge on any atom is -0.332 e. The summed E-state index contributed by atoms with van der Waals surface area (Å²) < 4.78 is 36.8. The van der Waals surface area contributed by atoms with Gasteiger partial charge in [-0.05, 0) is 12.8 Å². The monoisotopic (exact) mass is 254 g/mol. The first-order chi connectivity index (χ1) is 7.81. The Bertz CT molecular complexity index is 231. The van der Waals surface area contributed by atoms with Crippen LogP contribution in [-0.2, 0) is 4.79 Å². The van der Waals surface area contributed by atoms with Crippen molar-refractivity contribution in [1.29, 1.82) is 0 Å². The quantitative estimate of drug-likeness (QED) is 0.757. The van der Waals surface area contributed by atoms with E-state index in [-0.39, 0.29) is 6.54 Å². The van der Waals surface area contributed by atoms with E-state index in [1.165, 1.54) is 0 Å². The van der Waals surface area contributed by atoms with Gasteiger partial charge < -0.3 is 10.6 Å². The predicted molar refractivity (Wildman–Crippen MR) is 60.4 cm³/mol. The van der Waals surface area contributed by atoms with Gasteiger partial charge in [0.2, 0.25) is 5.91 Å². The van der Waals surface area contributed by atoms with Gasteiger partial charge in [0.1, 0.15) is 6.54 Å². The zero-order valence-corrected chi connectivity index (χ0v) is 10.4. The molecule has 0 aliphatic heterocycles. The topological polar surface area (TPSA) is 46.3 Å². The molecule has 0 saturated carbocycles. The van der Waals surface area contributed by atoms with E-state index < -0.39 is 24.7 Å². The number of amides is 1. The third kappa shape index (κ3) is 7.20. The molecular weight excluding hydrogens is 233 g/mol. The van der Waals surface area contributed by atoms with Gasteiger partial charge in [-0.2, -0.15) is 13.2 Å². The van der Waals surface area contributed by atoms with Crippen molar-refractivity contribution in [2.45, 2.75) is 51.7 Å². The minimum atomic E-state index is -4.37. The molecule has 3 nitrogen and oxygen atoms in total. The second-order valence-corrected chi connectivity index (χ2v) is 4.12. The molecule has 0 aromatic heterocycles. The molecule has 0 spiro atoms. The minimum absolute atomic E-state index is 0.0954. The van der Waals surface area contributed by atoms with Gasteiger partial charge in [0, 0.05) is 6.54 Å². The molecule has 1 amide bonds. The summed E-state index contributed by atoms with van der Waals surface area (Å²) in [5, 5.41) is 0. The Hall–Kier alpha value is -0.780. The maximum atomic E-state index is 12.3. The smallest absolute Gasteiger partial charge is 0.332 e. The van der Waals surface area contributed by atoms with Crippen molar-refractivity contribution in [3.05, 3.63) is 0 Å². The molecule has 0 radical (unpaired) electrons. The van der Waals surface area contributed by atoms with E-state index in [4.69, 9.17) is 5.73 Å². The molecule has 0 aliphatic carbocycles. The third-order valence-corrected chi connectivity index (χ3v) is 2.36. The van der Waals surface area contributed by atoms with Crippen LogP contribution in [0.25, 0.3) is 0 Å². The fourth-order valence-corrected chi connectivity index (χ4v) is 1.54. The molecular formula is C11H21F3N2O. The lowest BCUT2D eigenvalue weighted by Crippen LogP contribution is -2.47. The van der Waals surface area contributed by atoms with Crippen molar-refractivity contribution in [1.82, 2.24) is 4.90 Å². The van der Waals surface area contributed by atoms with Crippen LogP contribution in [0.4, 0.5) is 13.2 Å². The fraction of sp³-hybridized carbons (Fsp3) is 0.909. The molecule has 6 heteroatoms. The number of halogens is 3. The molecule has 0 bridgehead atoms. The SMILES string of the molecule is CCCC[C@H](N)C(=O)N(CCC)CC(F)(F)F. The maximum absolute atomic E-state index is 12.3. The lowest BCUT2D eigenvalue weighted by atomic mass is 10.1. The summed E-state index contributed by atoms with van der Waals surface area (Å²) in [5.74, 6) is -0.599. The van der Waals surface area contributed by atoms with Crippen LogP contribution in [0.3, 0.4) is 0 Å². The lowest BCUT2D eigenvalue weighted by Gasteiger charge is -2.26. The summed E-state index contributed by atoms with van der Waals surface area (Å²) in [6.07, 6.45) is -1.82. The standard InChI is InChI=1S/C11H21F3N2O/c1-3-5-6-9(15)10(17)16(7-4-2)8-11(12,13)14/h9H,3-8,15H2,1-2H3/t9-/m0/s1. The Morgan fingerprint density at radius 1 is 1.29 bits per heavy atom. The Kier molecular flexibility index (Phi) is 7.18. The molecule has 0 heterocycles. The van der Waals surface area contributed by atoms with Crippen molar-refractivity contribution in [3.63, 3.8) is 0 Å². The number of nitrogens with two attached hydrogens (primary N) is 1. The van der Waals surface area contributed by atoms with Gasteiger partial charge in [0.15, 0.2) is 0 Å². The van der Waals surface area contributed by atoms with E-state index in [9.17, 15) is 18.0 Å². The van der Waals surface area contributed by atoms with Crippen LogP contribution in [0.1, 0.15) is 39.5 Å². The van der Waals surface area contributed by atoms with Crippen LogP contribution < -0.4 is 5.73 Å². The zero-order chi connectivity index (χ0) is 13.5. The average Bonchev–Trinajstić information content (AvgIpc) is 2.22. The third-order valence-electron chi connectivity index (χ3n) is 2.36. The van der Waals surface area contributed by atoms with Gasteiger partial charge in [-0.3, -0.25) is 4.79 Å². The number of alkyl halides is 3. The average molecular weight is 254 g/mol. The van der Waals surface area contributed by atoms with Crippen molar-refractivity contribution in [2.75, 3.05) is 13.1 Å². The summed E-state index contributed by atoms with van der Waals surface area (Å²) >= 11 is 0. The van der Waals surface area contributed by atoms with Crippen LogP contribution in [0.2, 0.25) is 0 Å². The van der Waals surface area contributed by atoms with Gasteiger partial charge >= 0.3 is 6.18 Å². The highest BCUT2D eigenvalue weighted by Crippen LogP contribution is 2.17. The summed E-state index contributed by atoms with van der Waals surface area (Å²) in [6, 6.07) is -0.816. The molecule has 0 saturated heterocycles. The number of rotatable bonds is 7. The number of hydrogen-bond acceptors (Lipinski definition) is 2. The lowest BCUT2D eigenvalue weighted by molar-refractivity contribution is -0.162. The predicted octanol–water partition coefficient (Wildman–Crippen LogP) is 2.30. The van der Waals surface area contributed by atoms with Crippen LogP contribution in [0, 0.1) is 0 Å². The Balaban J connectivity index is 4.42. The van der Waals surface area contributed by atoms with E-state index in [0.717, 1.165) is 17.7 Å². The van der Waals surface area contributed by atoms with Gasteiger partial charge in [-0.1, -0.05) is 26.7 Å². The molecule has 1 atom stereocenters. The van der Waals surface area contributed by atoms with Gasteiger partial charge in [-0.15, -0.1) is 0 Å². The normalized spacial score (nSPS) is 13.5. The van der Waals surface area contributed by atoms with Gasteiger partial charge in [0.05, 0.1) is 6.04 Å². The molecule has 102 valence electrons. The second-order valence-electron chi connectivity index (χ2n) is 4.12. The number of hydrogen-bond donors (Lipinski definition) is 1. The molecule has 17 heavy (non-hydrogen) atoms. The van der Waals surface area contributed by atoms with Gasteiger partial charge in [-0.25, -0.2) is 0 Å². The number of nitrogens with zero attached hydrogens (tertiary/aromatic N) is 1. The van der Waals surface area contributed by atoms with Crippen LogP contribution in [0.5, 0.6) is 0 Å². The number of carbonyl (C=O) groups excluding carboxylic acids is 1. The summed E-state index contributed by atoms with van der Waals surface area (Å²) in [6.45, 7) is 2.56. The van der Waals surface area contributed by atoms with Crippen molar-refractivity contribution < 1.29 is 18.0 Å². The maximum Gasteiger partial charge on any atom is 0.406 e. The molecule has 0 aromatic carbocycles. The first kappa shape index (κ1) is 16.2. The van der Waals surface area contributed by atoms with Crippen molar-refractivity contribution in [2.24, 2.45) is 5.73 Å². The molecule has 2 N–H and O–H groups in total. The van der Waals surface area contributed by atoms with E-state index in [1.54, 1.807) is 6.92 Å². The highest BCUT2D eigenvalue weighted by molar-refractivity contribution is 5.81. The summed E-state index contributed by atoms with van der Waals surface area (Å²) in [7, 11) is 0. The zero-order valence-electron chi connectivity index (χ0n) is 10.4. The Morgan fingerprint density at radius 3 is 2.29 bits per heavy atom. The highest BCUT2D eigenvalue weighted by Gasteiger charge is 2.33. The summed E-state index contributed by atoms with van der Waals surface area (Å²) in [4.78, 5) is 12.5. The van der Waals surface area contributed by atoms with E-state index in [0.29, 0.717) is 12.8 Å². The number of carbonyl (C=O) groups is 1. The first-order valence-corrected chi connectivity index (χ1v) is 5.93. The molecule has 0 unspecified atom stereocenters.